The molecule has 3 rings (SSSR count). The Morgan fingerprint density at radius 1 is 0.867 bits per heavy atom. The number of halogens is 1. The highest BCUT2D eigenvalue weighted by molar-refractivity contribution is 7.92. The van der Waals surface area contributed by atoms with Crippen molar-refractivity contribution in [2.45, 2.75) is 4.90 Å². The van der Waals surface area contributed by atoms with Crippen LogP contribution in [0.3, 0.4) is 0 Å². The van der Waals surface area contributed by atoms with Crippen molar-refractivity contribution in [3.8, 4) is 0 Å². The first-order valence-electron chi connectivity index (χ1n) is 8.67. The highest BCUT2D eigenvalue weighted by atomic mass is 35.5. The topological polar surface area (TPSA) is 104 Å². The number of amides is 1. The molecule has 0 bridgehead atoms. The highest BCUT2D eigenvalue weighted by Gasteiger charge is 2.17. The molecule has 0 atom stereocenters. The first-order valence-corrected chi connectivity index (χ1v) is 10.5. The third-order valence-corrected chi connectivity index (χ3v) is 5.96. The molecule has 0 heterocycles. The number of nitrogens with one attached hydrogen (secondary N) is 1. The normalized spacial score (nSPS) is 11.0. The Bertz CT molecular complexity index is 1180. The van der Waals surface area contributed by atoms with Gasteiger partial charge in [0.2, 0.25) is 0 Å². The number of hydrogen-bond acceptors (Lipinski definition) is 4. The lowest BCUT2D eigenvalue weighted by Gasteiger charge is -2.18. The molecule has 3 aromatic rings. The van der Waals surface area contributed by atoms with Crippen molar-refractivity contribution in [1.82, 2.24) is 0 Å². The molecule has 2 N–H and O–H groups in total. The van der Waals surface area contributed by atoms with Gasteiger partial charge in [-0.1, -0.05) is 11.6 Å². The second kappa shape index (κ2) is 8.56. The van der Waals surface area contributed by atoms with E-state index >= 15 is 0 Å². The Balaban J connectivity index is 1.74. The van der Waals surface area contributed by atoms with Crippen molar-refractivity contribution in [2.24, 2.45) is 0 Å². The number of carbonyl (C=O) groups excluding carboxylic acids is 1. The standard InChI is InChI=1S/C21H17ClN2O5S/c1-24(20(25)14-2-6-16(22)7-3-14)18-10-8-17(9-11-18)23-30(28,29)19-12-4-15(5-13-19)21(26)27/h2-13,23H,1H3,(H,26,27). The number of nitrogens with zero attached hydrogens (tertiary/aromatic N) is 1. The minimum absolute atomic E-state index is 0.00769. The van der Waals surface area contributed by atoms with Gasteiger partial charge in [0.15, 0.2) is 0 Å². The van der Waals surface area contributed by atoms with Crippen LogP contribution in [0.15, 0.2) is 77.7 Å². The fourth-order valence-electron chi connectivity index (χ4n) is 2.65. The highest BCUT2D eigenvalue weighted by Crippen LogP contribution is 2.22. The SMILES string of the molecule is CN(C(=O)c1ccc(Cl)cc1)c1ccc(NS(=O)(=O)c2ccc(C(=O)O)cc2)cc1. The van der Waals surface area contributed by atoms with E-state index in [1.165, 1.54) is 41.3 Å². The van der Waals surface area contributed by atoms with Gasteiger partial charge < -0.3 is 10.0 Å². The largest absolute Gasteiger partial charge is 0.478 e. The number of anilines is 2. The molecule has 7 nitrogen and oxygen atoms in total. The van der Waals surface area contributed by atoms with Gasteiger partial charge in [0.05, 0.1) is 10.5 Å². The van der Waals surface area contributed by atoms with Crippen LogP contribution in [0.5, 0.6) is 0 Å². The fourth-order valence-corrected chi connectivity index (χ4v) is 3.83. The zero-order valence-corrected chi connectivity index (χ0v) is 17.3. The average molecular weight is 445 g/mol. The average Bonchev–Trinajstić information content (AvgIpc) is 2.73. The minimum Gasteiger partial charge on any atom is -0.478 e. The summed E-state index contributed by atoms with van der Waals surface area (Å²) in [6.07, 6.45) is 0. The van der Waals surface area contributed by atoms with Gasteiger partial charge in [0, 0.05) is 29.0 Å². The van der Waals surface area contributed by atoms with Crippen molar-refractivity contribution in [1.29, 1.82) is 0 Å². The number of hydrogen-bond donors (Lipinski definition) is 2. The van der Waals surface area contributed by atoms with E-state index in [1.54, 1.807) is 43.4 Å². The van der Waals surface area contributed by atoms with Crippen LogP contribution in [0.4, 0.5) is 11.4 Å². The Hall–Kier alpha value is -3.36. The molecule has 0 aliphatic rings. The van der Waals surface area contributed by atoms with Crippen LogP contribution >= 0.6 is 11.6 Å². The van der Waals surface area contributed by atoms with E-state index in [-0.39, 0.29) is 16.4 Å². The van der Waals surface area contributed by atoms with Gasteiger partial charge in [-0.2, -0.15) is 0 Å². The smallest absolute Gasteiger partial charge is 0.335 e. The molecule has 0 spiro atoms. The molecular weight excluding hydrogens is 428 g/mol. The third-order valence-electron chi connectivity index (χ3n) is 4.31. The van der Waals surface area contributed by atoms with E-state index in [4.69, 9.17) is 16.7 Å². The summed E-state index contributed by atoms with van der Waals surface area (Å²) in [6.45, 7) is 0. The molecule has 1 amide bonds. The first-order chi connectivity index (χ1) is 14.2. The van der Waals surface area contributed by atoms with Crippen LogP contribution < -0.4 is 9.62 Å². The zero-order valence-electron chi connectivity index (χ0n) is 15.7. The van der Waals surface area contributed by atoms with Crippen molar-refractivity contribution in [3.05, 3.63) is 88.9 Å². The number of benzene rings is 3. The predicted molar refractivity (Wildman–Crippen MR) is 115 cm³/mol. The summed E-state index contributed by atoms with van der Waals surface area (Å²) in [7, 11) is -2.28. The molecule has 0 aliphatic heterocycles. The van der Waals surface area contributed by atoms with Crippen LogP contribution in [-0.2, 0) is 10.0 Å². The van der Waals surface area contributed by atoms with Gasteiger partial charge in [-0.25, -0.2) is 13.2 Å². The third kappa shape index (κ3) is 4.79. The molecule has 0 aromatic heterocycles. The van der Waals surface area contributed by atoms with Gasteiger partial charge in [-0.15, -0.1) is 0 Å². The van der Waals surface area contributed by atoms with Crippen LogP contribution in [0.1, 0.15) is 20.7 Å². The molecule has 0 aliphatic carbocycles. The van der Waals surface area contributed by atoms with E-state index in [9.17, 15) is 18.0 Å². The number of sulfonamides is 1. The molecular formula is C21H17ClN2O5S. The molecule has 0 fully saturated rings. The molecule has 30 heavy (non-hydrogen) atoms. The first kappa shape index (κ1) is 21.4. The summed E-state index contributed by atoms with van der Waals surface area (Å²) < 4.78 is 27.4. The number of aromatic carboxylic acids is 1. The van der Waals surface area contributed by atoms with Gasteiger partial charge in [-0.05, 0) is 72.8 Å². The van der Waals surface area contributed by atoms with Crippen LogP contribution in [0.25, 0.3) is 0 Å². The molecule has 0 saturated heterocycles. The van der Waals surface area contributed by atoms with Crippen molar-refractivity contribution in [2.75, 3.05) is 16.7 Å². The Morgan fingerprint density at radius 2 is 1.40 bits per heavy atom. The lowest BCUT2D eigenvalue weighted by atomic mass is 10.2. The lowest BCUT2D eigenvalue weighted by molar-refractivity contribution is 0.0696. The van der Waals surface area contributed by atoms with Gasteiger partial charge in [0.1, 0.15) is 0 Å². The van der Waals surface area contributed by atoms with Gasteiger partial charge >= 0.3 is 5.97 Å². The summed E-state index contributed by atoms with van der Waals surface area (Å²) in [5, 5.41) is 9.44. The monoisotopic (exact) mass is 444 g/mol. The van der Waals surface area contributed by atoms with Crippen molar-refractivity contribution >= 4 is 44.9 Å². The zero-order chi connectivity index (χ0) is 21.9. The van der Waals surface area contributed by atoms with Gasteiger partial charge in [0.25, 0.3) is 15.9 Å². The summed E-state index contributed by atoms with van der Waals surface area (Å²) in [4.78, 5) is 24.8. The van der Waals surface area contributed by atoms with E-state index in [2.05, 4.69) is 4.72 Å². The van der Waals surface area contributed by atoms with Crippen LogP contribution in [-0.4, -0.2) is 32.4 Å². The number of carboxylic acid groups (broad SMARTS) is 1. The Kier molecular flexibility index (Phi) is 6.09. The summed E-state index contributed by atoms with van der Waals surface area (Å²) in [5.74, 6) is -1.38. The van der Waals surface area contributed by atoms with Crippen molar-refractivity contribution < 1.29 is 23.1 Å². The van der Waals surface area contributed by atoms with E-state index in [0.717, 1.165) is 0 Å². The molecule has 0 saturated carbocycles. The van der Waals surface area contributed by atoms with E-state index in [0.29, 0.717) is 22.0 Å². The second-order valence-corrected chi connectivity index (χ2v) is 8.47. The number of carbonyl (C=O) groups is 2. The molecule has 0 radical (unpaired) electrons. The predicted octanol–water partition coefficient (Wildman–Crippen LogP) is 4.12. The molecule has 154 valence electrons. The van der Waals surface area contributed by atoms with E-state index in [1.807, 2.05) is 0 Å². The maximum atomic E-state index is 12.6. The maximum Gasteiger partial charge on any atom is 0.335 e. The second-order valence-electron chi connectivity index (χ2n) is 6.35. The number of rotatable bonds is 6. The summed E-state index contributed by atoms with van der Waals surface area (Å²) >= 11 is 5.84. The van der Waals surface area contributed by atoms with Crippen LogP contribution in [0.2, 0.25) is 5.02 Å². The van der Waals surface area contributed by atoms with Gasteiger partial charge in [-0.3, -0.25) is 9.52 Å². The van der Waals surface area contributed by atoms with Crippen molar-refractivity contribution in [3.63, 3.8) is 0 Å². The fraction of sp³-hybridized carbons (Fsp3) is 0.0476. The summed E-state index contributed by atoms with van der Waals surface area (Å²) in [6, 6.07) is 17.7. The maximum absolute atomic E-state index is 12.6. The van der Waals surface area contributed by atoms with E-state index < -0.39 is 16.0 Å². The minimum atomic E-state index is -3.89. The number of carboxylic acids is 1. The molecule has 9 heteroatoms. The van der Waals surface area contributed by atoms with Crippen LogP contribution in [0, 0.1) is 0 Å². The molecule has 3 aromatic carbocycles. The Labute approximate surface area is 178 Å². The Morgan fingerprint density at radius 3 is 1.93 bits per heavy atom. The quantitative estimate of drug-likeness (QED) is 0.595. The lowest BCUT2D eigenvalue weighted by Crippen LogP contribution is -2.26. The summed E-state index contributed by atoms with van der Waals surface area (Å²) in [5.41, 5.74) is 1.33. The molecule has 0 unspecified atom stereocenters.